The Morgan fingerprint density at radius 3 is 2.33 bits per heavy atom. The van der Waals surface area contributed by atoms with E-state index in [1.807, 2.05) is 32.0 Å². The van der Waals surface area contributed by atoms with Crippen LogP contribution in [-0.2, 0) is 21.4 Å². The van der Waals surface area contributed by atoms with Crippen molar-refractivity contribution in [3.05, 3.63) is 98.7 Å². The fraction of sp³-hybridized carbons (Fsp3) is 0.314. The van der Waals surface area contributed by atoms with Crippen molar-refractivity contribution >= 4 is 61.8 Å². The minimum absolute atomic E-state index is 0.0605. The van der Waals surface area contributed by atoms with Crippen LogP contribution in [0.15, 0.2) is 65.6 Å². The van der Waals surface area contributed by atoms with Crippen LogP contribution in [0.1, 0.15) is 45.6 Å². The third-order valence-corrected chi connectivity index (χ3v) is 11.9. The van der Waals surface area contributed by atoms with E-state index in [9.17, 15) is 18.0 Å². The van der Waals surface area contributed by atoms with Gasteiger partial charge in [-0.3, -0.25) is 15.0 Å². The zero-order chi connectivity index (χ0) is 35.0. The van der Waals surface area contributed by atoms with Crippen molar-refractivity contribution in [2.45, 2.75) is 44.2 Å². The summed E-state index contributed by atoms with van der Waals surface area (Å²) >= 11 is 13.3. The average Bonchev–Trinajstić information content (AvgIpc) is 3.59. The van der Waals surface area contributed by atoms with Crippen LogP contribution in [0.5, 0.6) is 5.75 Å². The second-order valence-corrected chi connectivity index (χ2v) is 14.9. The summed E-state index contributed by atoms with van der Waals surface area (Å²) in [5.41, 5.74) is 9.39. The summed E-state index contributed by atoms with van der Waals surface area (Å²) in [7, 11) is -4.20. The second-order valence-electron chi connectivity index (χ2n) is 12.2. The molecule has 0 unspecified atom stereocenters. The molecule has 2 aliphatic heterocycles. The van der Waals surface area contributed by atoms with Gasteiger partial charge in [-0.2, -0.15) is 4.31 Å². The lowest BCUT2D eigenvalue weighted by atomic mass is 10.1. The molecule has 2 aliphatic rings. The molecular weight excluding hydrogens is 687 g/mol. The van der Waals surface area contributed by atoms with E-state index in [1.165, 1.54) is 16.4 Å². The number of halogens is 2. The summed E-state index contributed by atoms with van der Waals surface area (Å²) in [6.45, 7) is 5.12. The number of ether oxygens (including phenoxy) is 1. The number of carbonyl (C=O) groups is 2. The molecule has 2 amide bonds. The van der Waals surface area contributed by atoms with E-state index in [4.69, 9.17) is 39.1 Å². The number of para-hydroxylation sites is 1. The van der Waals surface area contributed by atoms with Gasteiger partial charge < -0.3 is 20.3 Å². The zero-order valence-electron chi connectivity index (χ0n) is 27.1. The maximum Gasteiger partial charge on any atom is 0.253 e. The molecule has 1 aromatic heterocycles. The highest BCUT2D eigenvalue weighted by atomic mass is 35.5. The molecule has 0 aliphatic carbocycles. The summed E-state index contributed by atoms with van der Waals surface area (Å²) in [6.07, 6.45) is 0.881. The first-order valence-electron chi connectivity index (χ1n) is 15.9. The number of hydrogen-bond donors (Lipinski definition) is 2. The maximum atomic E-state index is 14.1. The van der Waals surface area contributed by atoms with Crippen LogP contribution in [0.25, 0.3) is 10.9 Å². The van der Waals surface area contributed by atoms with Crippen LogP contribution in [0.4, 0.5) is 0 Å². The Balaban J connectivity index is 1.16. The van der Waals surface area contributed by atoms with Gasteiger partial charge in [0.25, 0.3) is 5.91 Å². The molecule has 3 aromatic carbocycles. The molecule has 256 valence electrons. The number of sulfonamides is 1. The van der Waals surface area contributed by atoms with E-state index in [0.717, 1.165) is 16.6 Å². The minimum atomic E-state index is -4.20. The van der Waals surface area contributed by atoms with E-state index >= 15 is 0 Å². The lowest BCUT2D eigenvalue weighted by Crippen LogP contribution is -2.55. The van der Waals surface area contributed by atoms with E-state index in [0.29, 0.717) is 53.9 Å². The van der Waals surface area contributed by atoms with Gasteiger partial charge in [0.1, 0.15) is 34.6 Å². The predicted molar refractivity (Wildman–Crippen MR) is 189 cm³/mol. The number of nitrogens with two attached hydrogens (primary N) is 1. The number of fused-ring (bicyclic) bond motifs is 1. The molecule has 6 rings (SSSR count). The van der Waals surface area contributed by atoms with E-state index in [2.05, 4.69) is 4.98 Å². The first-order valence-corrected chi connectivity index (χ1v) is 18.1. The summed E-state index contributed by atoms with van der Waals surface area (Å²) in [5, 5.41) is 8.67. The van der Waals surface area contributed by atoms with E-state index in [1.54, 1.807) is 40.1 Å². The third kappa shape index (κ3) is 6.83. The van der Waals surface area contributed by atoms with Crippen LogP contribution in [0, 0.1) is 19.3 Å². The fourth-order valence-corrected chi connectivity index (χ4v) is 8.96. The molecule has 4 aromatic rings. The molecule has 14 heteroatoms. The quantitative estimate of drug-likeness (QED) is 0.188. The first kappa shape index (κ1) is 34.6. The smallest absolute Gasteiger partial charge is 0.253 e. The second kappa shape index (κ2) is 13.9. The van der Waals surface area contributed by atoms with Gasteiger partial charge in [0.05, 0.1) is 5.02 Å². The molecule has 3 heterocycles. The maximum absolute atomic E-state index is 14.1. The largest absolute Gasteiger partial charge is 0.487 e. The van der Waals surface area contributed by atoms with Crippen molar-refractivity contribution in [2.75, 3.05) is 32.7 Å². The van der Waals surface area contributed by atoms with Gasteiger partial charge in [-0.15, -0.1) is 0 Å². The number of aromatic nitrogens is 1. The average molecular weight is 724 g/mol. The Morgan fingerprint density at radius 2 is 1.63 bits per heavy atom. The summed E-state index contributed by atoms with van der Waals surface area (Å²) in [4.78, 5) is 34.6. The number of amides is 2. The number of rotatable bonds is 8. The van der Waals surface area contributed by atoms with Gasteiger partial charge in [-0.1, -0.05) is 47.5 Å². The molecule has 0 bridgehead atoms. The first-order chi connectivity index (χ1) is 23.4. The van der Waals surface area contributed by atoms with E-state index < -0.39 is 16.1 Å². The standard InChI is InChI=1S/C35H36Cl2N6O5S/c1-21-19-22(2)40-32-25(21)5-3-7-29(32)48-20-26-27(36)12-13-30(31(26)37)49(46,47)43-14-4-6-28(43)35(45)42-17-15-41(16-18-42)34(44)24-10-8-23(9-11-24)33(38)39/h3,5,7-13,19,28H,4,6,14-18,20H2,1-2H3,(H3,38,39)/t28-/m0/s1. The number of amidine groups is 1. The SMILES string of the molecule is Cc1cc(C)c2cccc(OCc3c(Cl)ccc(S(=O)(=O)N4CCC[C@H]4C(=O)N4CCN(C(=O)c5ccc(C(=N)N)cc5)CC4)c3Cl)c2n1. The molecule has 3 N–H and O–H groups in total. The highest BCUT2D eigenvalue weighted by Crippen LogP contribution is 2.37. The minimum Gasteiger partial charge on any atom is -0.487 e. The number of benzene rings is 3. The highest BCUT2D eigenvalue weighted by Gasteiger charge is 2.43. The van der Waals surface area contributed by atoms with Gasteiger partial charge in [-0.25, -0.2) is 13.4 Å². The van der Waals surface area contributed by atoms with Gasteiger partial charge in [-0.05, 0) is 68.7 Å². The van der Waals surface area contributed by atoms with Crippen molar-refractivity contribution in [3.63, 3.8) is 0 Å². The summed E-state index contributed by atoms with van der Waals surface area (Å²) in [6, 6.07) is 16.0. The lowest BCUT2D eigenvalue weighted by molar-refractivity contribution is -0.136. The highest BCUT2D eigenvalue weighted by molar-refractivity contribution is 7.89. The number of nitrogen functional groups attached to an aromatic ring is 1. The molecule has 49 heavy (non-hydrogen) atoms. The van der Waals surface area contributed by atoms with Gasteiger partial charge in [0, 0.05) is 65.5 Å². The number of pyridine rings is 1. The number of nitrogens with one attached hydrogen (secondary N) is 1. The summed E-state index contributed by atoms with van der Waals surface area (Å²) < 4.78 is 35.6. The fourth-order valence-electron chi connectivity index (χ4n) is 6.45. The topological polar surface area (TPSA) is 150 Å². The lowest BCUT2D eigenvalue weighted by Gasteiger charge is -2.37. The van der Waals surface area contributed by atoms with Crippen LogP contribution >= 0.6 is 23.2 Å². The summed E-state index contributed by atoms with van der Waals surface area (Å²) in [5.74, 6) is -0.0581. The molecule has 0 saturated carbocycles. The Hall–Kier alpha value is -4.23. The third-order valence-electron chi connectivity index (χ3n) is 9.06. The molecule has 2 fully saturated rings. The predicted octanol–water partition coefficient (Wildman–Crippen LogP) is 5.16. The number of piperazine rings is 1. The Labute approximate surface area is 295 Å². The van der Waals surface area contributed by atoms with Crippen molar-refractivity contribution in [2.24, 2.45) is 5.73 Å². The Bertz CT molecular complexity index is 2070. The molecule has 2 saturated heterocycles. The van der Waals surface area contributed by atoms with Crippen LogP contribution < -0.4 is 10.5 Å². The molecule has 0 radical (unpaired) electrons. The van der Waals surface area contributed by atoms with Crippen LogP contribution in [-0.4, -0.2) is 83.9 Å². The van der Waals surface area contributed by atoms with Crippen molar-refractivity contribution in [1.82, 2.24) is 19.1 Å². The number of aryl methyl sites for hydroxylation is 2. The number of nitrogens with zero attached hydrogens (tertiary/aromatic N) is 4. The van der Waals surface area contributed by atoms with Crippen LogP contribution in [0.2, 0.25) is 10.0 Å². The van der Waals surface area contributed by atoms with Gasteiger partial charge >= 0.3 is 0 Å². The van der Waals surface area contributed by atoms with Crippen molar-refractivity contribution in [1.29, 1.82) is 5.41 Å². The van der Waals surface area contributed by atoms with Gasteiger partial charge in [0.15, 0.2) is 0 Å². The molecule has 1 atom stereocenters. The number of hydrogen-bond acceptors (Lipinski definition) is 7. The Morgan fingerprint density at radius 1 is 0.959 bits per heavy atom. The van der Waals surface area contributed by atoms with Crippen molar-refractivity contribution in [3.8, 4) is 5.75 Å². The monoisotopic (exact) mass is 722 g/mol. The Kier molecular flexibility index (Phi) is 9.86. The van der Waals surface area contributed by atoms with Crippen LogP contribution in [0.3, 0.4) is 0 Å². The number of carbonyl (C=O) groups excluding carboxylic acids is 2. The molecule has 0 spiro atoms. The van der Waals surface area contributed by atoms with Gasteiger partial charge in [0.2, 0.25) is 15.9 Å². The molecular formula is C35H36Cl2N6O5S. The van der Waals surface area contributed by atoms with Crippen molar-refractivity contribution < 1.29 is 22.7 Å². The molecule has 11 nitrogen and oxygen atoms in total. The zero-order valence-corrected chi connectivity index (χ0v) is 29.4. The normalized spacial score (nSPS) is 17.0. The van der Waals surface area contributed by atoms with E-state index in [-0.39, 0.29) is 58.8 Å².